The lowest BCUT2D eigenvalue weighted by Gasteiger charge is -2.09. The van der Waals surface area contributed by atoms with Crippen molar-refractivity contribution in [2.24, 2.45) is 0 Å². The number of carbonyl (C=O) groups excluding carboxylic acids is 1. The molecule has 0 saturated carbocycles. The fraction of sp³-hybridized carbons (Fsp3) is 0.294. The number of ether oxygens (including phenoxy) is 1. The lowest BCUT2D eigenvalue weighted by Crippen LogP contribution is -2.23. The second kappa shape index (κ2) is 8.46. The maximum absolute atomic E-state index is 12.8. The third-order valence-corrected chi connectivity index (χ3v) is 3.22. The normalized spacial score (nSPS) is 11.2. The Balaban J connectivity index is 1.73. The number of aromatic nitrogens is 1. The van der Waals surface area contributed by atoms with Crippen molar-refractivity contribution in [1.29, 1.82) is 0 Å². The molecule has 0 spiro atoms. The number of rotatable bonds is 7. The maximum atomic E-state index is 12.8. The van der Waals surface area contributed by atoms with Crippen LogP contribution in [0.1, 0.15) is 17.5 Å². The van der Waals surface area contributed by atoms with Crippen LogP contribution < -0.4 is 10.1 Å². The van der Waals surface area contributed by atoms with Gasteiger partial charge in [-0.3, -0.25) is 4.79 Å². The van der Waals surface area contributed by atoms with E-state index in [1.165, 1.54) is 30.5 Å². The highest BCUT2D eigenvalue weighted by Gasteiger charge is 2.28. The van der Waals surface area contributed by atoms with Crippen molar-refractivity contribution in [2.75, 3.05) is 6.61 Å². The van der Waals surface area contributed by atoms with E-state index in [0.29, 0.717) is 12.0 Å². The van der Waals surface area contributed by atoms with Gasteiger partial charge in [0, 0.05) is 25.2 Å². The van der Waals surface area contributed by atoms with E-state index < -0.39 is 12.8 Å². The number of pyridine rings is 1. The van der Waals surface area contributed by atoms with Crippen LogP contribution >= 0.6 is 0 Å². The number of hydrogen-bond donors (Lipinski definition) is 1. The average molecular weight is 356 g/mol. The van der Waals surface area contributed by atoms with E-state index in [1.54, 1.807) is 12.1 Å². The molecular weight excluding hydrogens is 340 g/mol. The predicted molar refractivity (Wildman–Crippen MR) is 82.4 cm³/mol. The van der Waals surface area contributed by atoms with Crippen LogP contribution in [0.3, 0.4) is 0 Å². The van der Waals surface area contributed by atoms with Crippen molar-refractivity contribution >= 4 is 5.91 Å². The SMILES string of the molecule is O=C(CCc1ccc(F)cc1)NCc1ccc(OCC(F)(F)F)nc1. The van der Waals surface area contributed by atoms with Gasteiger partial charge in [-0.15, -0.1) is 0 Å². The molecule has 0 aliphatic rings. The molecule has 134 valence electrons. The minimum absolute atomic E-state index is 0.135. The second-order valence-electron chi connectivity index (χ2n) is 5.31. The van der Waals surface area contributed by atoms with Crippen LogP contribution in [0.4, 0.5) is 17.6 Å². The van der Waals surface area contributed by atoms with Crippen LogP contribution in [0.25, 0.3) is 0 Å². The summed E-state index contributed by atoms with van der Waals surface area (Å²) in [5.41, 5.74) is 1.49. The number of halogens is 4. The predicted octanol–water partition coefficient (Wildman–Crippen LogP) is 3.41. The molecule has 1 aromatic carbocycles. The van der Waals surface area contributed by atoms with Crippen LogP contribution in [-0.2, 0) is 17.8 Å². The third-order valence-electron chi connectivity index (χ3n) is 3.22. The molecule has 0 radical (unpaired) electrons. The molecule has 0 atom stereocenters. The molecule has 0 saturated heterocycles. The number of alkyl halides is 3. The number of nitrogens with zero attached hydrogens (tertiary/aromatic N) is 1. The van der Waals surface area contributed by atoms with Gasteiger partial charge in [-0.1, -0.05) is 18.2 Å². The summed E-state index contributed by atoms with van der Waals surface area (Å²) < 4.78 is 53.4. The molecule has 0 unspecified atom stereocenters. The van der Waals surface area contributed by atoms with Gasteiger partial charge in [-0.25, -0.2) is 9.37 Å². The number of benzene rings is 1. The van der Waals surface area contributed by atoms with E-state index in [0.717, 1.165) is 5.56 Å². The van der Waals surface area contributed by atoms with Crippen LogP contribution in [-0.4, -0.2) is 23.7 Å². The van der Waals surface area contributed by atoms with Crippen molar-refractivity contribution in [1.82, 2.24) is 10.3 Å². The van der Waals surface area contributed by atoms with Gasteiger partial charge in [0.25, 0.3) is 0 Å². The molecule has 0 aliphatic carbocycles. The van der Waals surface area contributed by atoms with E-state index in [4.69, 9.17) is 0 Å². The van der Waals surface area contributed by atoms with Crippen molar-refractivity contribution in [3.8, 4) is 5.88 Å². The van der Waals surface area contributed by atoms with E-state index in [2.05, 4.69) is 15.0 Å². The molecule has 1 heterocycles. The Bertz CT molecular complexity index is 685. The minimum Gasteiger partial charge on any atom is -0.468 e. The topological polar surface area (TPSA) is 51.2 Å². The summed E-state index contributed by atoms with van der Waals surface area (Å²) in [6.07, 6.45) is -2.36. The first kappa shape index (κ1) is 18.7. The van der Waals surface area contributed by atoms with E-state index in [-0.39, 0.29) is 30.6 Å². The molecule has 1 amide bonds. The van der Waals surface area contributed by atoms with Gasteiger partial charge >= 0.3 is 6.18 Å². The molecule has 0 bridgehead atoms. The van der Waals surface area contributed by atoms with Crippen LogP contribution in [0.15, 0.2) is 42.6 Å². The van der Waals surface area contributed by atoms with Crippen molar-refractivity contribution in [3.05, 3.63) is 59.5 Å². The van der Waals surface area contributed by atoms with E-state index in [1.807, 2.05) is 0 Å². The lowest BCUT2D eigenvalue weighted by molar-refractivity contribution is -0.154. The third kappa shape index (κ3) is 7.19. The zero-order chi connectivity index (χ0) is 18.3. The Morgan fingerprint density at radius 2 is 1.76 bits per heavy atom. The second-order valence-corrected chi connectivity index (χ2v) is 5.31. The number of carbonyl (C=O) groups is 1. The first-order valence-electron chi connectivity index (χ1n) is 7.47. The van der Waals surface area contributed by atoms with Crippen molar-refractivity contribution < 1.29 is 27.1 Å². The zero-order valence-electron chi connectivity index (χ0n) is 13.1. The van der Waals surface area contributed by atoms with Gasteiger partial charge in [0.05, 0.1) is 0 Å². The Labute approximate surface area is 141 Å². The number of amides is 1. The molecule has 25 heavy (non-hydrogen) atoms. The van der Waals surface area contributed by atoms with Crippen LogP contribution in [0.5, 0.6) is 5.88 Å². The van der Waals surface area contributed by atoms with Crippen molar-refractivity contribution in [2.45, 2.75) is 25.6 Å². The molecule has 1 aromatic heterocycles. The van der Waals surface area contributed by atoms with E-state index >= 15 is 0 Å². The monoisotopic (exact) mass is 356 g/mol. The van der Waals surface area contributed by atoms with Gasteiger partial charge in [0.15, 0.2) is 6.61 Å². The summed E-state index contributed by atoms with van der Waals surface area (Å²) in [4.78, 5) is 15.5. The number of aryl methyl sites for hydroxylation is 1. The molecule has 0 fully saturated rings. The largest absolute Gasteiger partial charge is 0.468 e. The zero-order valence-corrected chi connectivity index (χ0v) is 13.1. The molecular formula is C17H16F4N2O2. The minimum atomic E-state index is -4.42. The lowest BCUT2D eigenvalue weighted by atomic mass is 10.1. The summed E-state index contributed by atoms with van der Waals surface area (Å²) in [6, 6.07) is 8.74. The Morgan fingerprint density at radius 3 is 2.36 bits per heavy atom. The summed E-state index contributed by atoms with van der Waals surface area (Å²) in [6.45, 7) is -1.20. The first-order chi connectivity index (χ1) is 11.8. The van der Waals surface area contributed by atoms with Gasteiger partial charge in [-0.05, 0) is 29.7 Å². The van der Waals surface area contributed by atoms with Gasteiger partial charge in [0.2, 0.25) is 11.8 Å². The van der Waals surface area contributed by atoms with Crippen molar-refractivity contribution in [3.63, 3.8) is 0 Å². The smallest absolute Gasteiger partial charge is 0.422 e. The van der Waals surface area contributed by atoms with E-state index in [9.17, 15) is 22.4 Å². The number of nitrogens with one attached hydrogen (secondary N) is 1. The molecule has 2 aromatic rings. The maximum Gasteiger partial charge on any atom is 0.422 e. The van der Waals surface area contributed by atoms with Gasteiger partial charge < -0.3 is 10.1 Å². The molecule has 4 nitrogen and oxygen atoms in total. The summed E-state index contributed by atoms with van der Waals surface area (Å²) in [7, 11) is 0. The molecule has 0 aliphatic heterocycles. The Hall–Kier alpha value is -2.64. The number of hydrogen-bond acceptors (Lipinski definition) is 3. The van der Waals surface area contributed by atoms with Crippen LogP contribution in [0.2, 0.25) is 0 Å². The van der Waals surface area contributed by atoms with Crippen LogP contribution in [0, 0.1) is 5.82 Å². The van der Waals surface area contributed by atoms with Gasteiger partial charge in [-0.2, -0.15) is 13.2 Å². The average Bonchev–Trinajstić information content (AvgIpc) is 2.58. The summed E-state index contributed by atoms with van der Waals surface area (Å²) in [5, 5.41) is 2.68. The highest BCUT2D eigenvalue weighted by atomic mass is 19.4. The summed E-state index contributed by atoms with van der Waals surface area (Å²) in [5.74, 6) is -0.659. The summed E-state index contributed by atoms with van der Waals surface area (Å²) >= 11 is 0. The van der Waals surface area contributed by atoms with Gasteiger partial charge in [0.1, 0.15) is 5.82 Å². The molecule has 1 N–H and O–H groups in total. The first-order valence-corrected chi connectivity index (χ1v) is 7.47. The fourth-order valence-electron chi connectivity index (χ4n) is 1.95. The Morgan fingerprint density at radius 1 is 1.08 bits per heavy atom. The molecule has 2 rings (SSSR count). The Kier molecular flexibility index (Phi) is 6.32. The highest BCUT2D eigenvalue weighted by Crippen LogP contribution is 2.17. The molecule has 8 heteroatoms. The highest BCUT2D eigenvalue weighted by molar-refractivity contribution is 5.76. The quantitative estimate of drug-likeness (QED) is 0.774. The standard InChI is InChI=1S/C17H16F4N2O2/c18-14-5-1-12(2-6-14)3-7-15(24)22-9-13-4-8-16(23-10-13)25-11-17(19,20)21/h1-2,4-6,8,10H,3,7,9,11H2,(H,22,24). The fourth-order valence-corrected chi connectivity index (χ4v) is 1.95.